The monoisotopic (exact) mass is 340 g/mol. The van der Waals surface area contributed by atoms with Crippen molar-refractivity contribution >= 4 is 34.3 Å². The van der Waals surface area contributed by atoms with E-state index in [0.717, 1.165) is 0 Å². The van der Waals surface area contributed by atoms with Crippen LogP contribution in [0, 0.1) is 0 Å². The number of rotatable bonds is 2. The van der Waals surface area contributed by atoms with E-state index in [9.17, 15) is 23.4 Å². The molecule has 2 aromatic rings. The molecule has 118 valence electrons. The van der Waals surface area contributed by atoms with Crippen molar-refractivity contribution in [3.8, 4) is 0 Å². The topological polar surface area (TPSA) is 94.6 Å². The molecule has 2 aromatic carbocycles. The molecule has 0 bridgehead atoms. The molecule has 0 N–H and O–H groups in total. The van der Waals surface area contributed by atoms with Gasteiger partial charge >= 0.3 is 11.9 Å². The van der Waals surface area contributed by atoms with Crippen molar-refractivity contribution in [1.82, 2.24) is 0 Å². The molecule has 1 aliphatic heterocycles. The van der Waals surface area contributed by atoms with E-state index >= 15 is 0 Å². The lowest BCUT2D eigenvalue weighted by atomic mass is 10.1. The van der Waals surface area contributed by atoms with Gasteiger partial charge in [0.05, 0.1) is 28.3 Å². The normalized spacial score (nSPS) is 16.8. The van der Waals surface area contributed by atoms with Gasteiger partial charge in [-0.25, -0.2) is 13.8 Å². The van der Waals surface area contributed by atoms with Crippen molar-refractivity contribution in [2.45, 2.75) is 16.2 Å². The molecule has 0 spiro atoms. The van der Waals surface area contributed by atoms with Crippen LogP contribution in [-0.2, 0) is 15.5 Å². The van der Waals surface area contributed by atoms with Gasteiger partial charge in [0.1, 0.15) is 0 Å². The quantitative estimate of drug-likeness (QED) is 0.612. The maximum absolute atomic E-state index is 12.7. The van der Waals surface area contributed by atoms with Crippen molar-refractivity contribution in [2.75, 3.05) is 0 Å². The van der Waals surface area contributed by atoms with Crippen LogP contribution in [-0.4, -0.2) is 27.7 Å². The highest BCUT2D eigenvalue weighted by Gasteiger charge is 2.31. The molecule has 7 heteroatoms. The molecule has 0 amide bonds. The number of carbonyl (C=O) groups is 4. The first-order valence-electron chi connectivity index (χ1n) is 6.98. The zero-order valence-corrected chi connectivity index (χ0v) is 12.8. The molecule has 1 unspecified atom stereocenters. The van der Waals surface area contributed by atoms with E-state index in [1.807, 2.05) is 0 Å². The lowest BCUT2D eigenvalue weighted by Gasteiger charge is -2.05. The van der Waals surface area contributed by atoms with Gasteiger partial charge in [-0.15, -0.1) is 0 Å². The highest BCUT2D eigenvalue weighted by atomic mass is 32.2. The third-order valence-corrected chi connectivity index (χ3v) is 5.32. The van der Waals surface area contributed by atoms with Gasteiger partial charge in [-0.1, -0.05) is 0 Å². The fourth-order valence-electron chi connectivity index (χ4n) is 2.76. The van der Waals surface area contributed by atoms with Crippen LogP contribution in [0.15, 0.2) is 46.2 Å². The van der Waals surface area contributed by atoms with Crippen molar-refractivity contribution in [1.29, 1.82) is 0 Å². The first-order valence-corrected chi connectivity index (χ1v) is 8.13. The highest BCUT2D eigenvalue weighted by Crippen LogP contribution is 2.28. The molecule has 0 aromatic heterocycles. The summed E-state index contributed by atoms with van der Waals surface area (Å²) in [5.41, 5.74) is 0.805. The summed E-state index contributed by atoms with van der Waals surface area (Å²) in [5.74, 6) is -2.04. The van der Waals surface area contributed by atoms with E-state index in [1.165, 1.54) is 36.4 Å². The minimum Gasteiger partial charge on any atom is -0.386 e. The number of hydrogen-bond acceptors (Lipinski definition) is 6. The van der Waals surface area contributed by atoms with E-state index in [0.29, 0.717) is 15.4 Å². The zero-order valence-electron chi connectivity index (χ0n) is 12.0. The maximum Gasteiger partial charge on any atom is 0.346 e. The molecule has 24 heavy (non-hydrogen) atoms. The number of benzene rings is 2. The number of cyclic esters (lactones) is 2. The smallest absolute Gasteiger partial charge is 0.346 e. The molecular formula is C17H8O6S. The first-order chi connectivity index (χ1) is 11.5. The molecule has 1 heterocycles. The summed E-state index contributed by atoms with van der Waals surface area (Å²) in [4.78, 5) is 47.1. The summed E-state index contributed by atoms with van der Waals surface area (Å²) >= 11 is 0. The van der Waals surface area contributed by atoms with E-state index < -0.39 is 22.7 Å². The first kappa shape index (κ1) is 14.6. The Morgan fingerprint density at radius 3 is 1.96 bits per heavy atom. The molecule has 6 nitrogen and oxygen atoms in total. The Hall–Kier alpha value is -2.93. The number of fused-ring (bicyclic) bond motifs is 2. The van der Waals surface area contributed by atoms with Crippen LogP contribution in [0.5, 0.6) is 0 Å². The van der Waals surface area contributed by atoms with Crippen LogP contribution in [0.25, 0.3) is 0 Å². The van der Waals surface area contributed by atoms with Crippen LogP contribution in [0.4, 0.5) is 0 Å². The van der Waals surface area contributed by atoms with Crippen molar-refractivity contribution < 1.29 is 28.1 Å². The average Bonchev–Trinajstić information content (AvgIpc) is 3.02. The fourth-order valence-corrected chi connectivity index (χ4v) is 3.87. The number of Topliss-reactive ketones (excluding diaryl/α,β-unsaturated/α-hetero) is 2. The summed E-state index contributed by atoms with van der Waals surface area (Å²) in [6.45, 7) is 0. The fraction of sp³-hybridized carbons (Fsp3) is 0.0588. The van der Waals surface area contributed by atoms with Gasteiger partial charge in [0.2, 0.25) is 0 Å². The summed E-state index contributed by atoms with van der Waals surface area (Å²) < 4.78 is 17.2. The largest absolute Gasteiger partial charge is 0.386 e. The summed E-state index contributed by atoms with van der Waals surface area (Å²) in [7, 11) is -1.67. The Morgan fingerprint density at radius 1 is 0.708 bits per heavy atom. The average molecular weight is 340 g/mol. The standard InChI is InChI=1S/C17H8O6S/c18-14-7-15(19)12-5-8(1-3-10(12)14)24(22)9-2-4-11-13(6-9)17(21)23-16(11)20/h1-6H,7H2. The lowest BCUT2D eigenvalue weighted by molar-refractivity contribution is 0.0443. The van der Waals surface area contributed by atoms with Crippen LogP contribution >= 0.6 is 0 Å². The summed E-state index contributed by atoms with van der Waals surface area (Å²) in [6.07, 6.45) is -0.168. The lowest BCUT2D eigenvalue weighted by Crippen LogP contribution is -2.00. The zero-order chi connectivity index (χ0) is 17.0. The third-order valence-electron chi connectivity index (χ3n) is 3.96. The second kappa shape index (κ2) is 5.04. The van der Waals surface area contributed by atoms with E-state index in [2.05, 4.69) is 4.74 Å². The number of hydrogen-bond donors (Lipinski definition) is 0. The minimum absolute atomic E-state index is 0.0678. The van der Waals surface area contributed by atoms with Gasteiger partial charge in [0, 0.05) is 20.9 Å². The van der Waals surface area contributed by atoms with Crippen molar-refractivity contribution in [3.63, 3.8) is 0 Å². The Labute approximate surface area is 137 Å². The Balaban J connectivity index is 1.76. The molecule has 2 aliphatic rings. The SMILES string of the molecule is O=C1CC(=O)c2cc(S(=O)c3ccc4c(c3)C(=O)OC4=O)ccc21. The number of carbonyl (C=O) groups excluding carboxylic acids is 4. The molecule has 1 atom stereocenters. The van der Waals surface area contributed by atoms with E-state index in [4.69, 9.17) is 0 Å². The van der Waals surface area contributed by atoms with Crippen LogP contribution < -0.4 is 0 Å². The predicted octanol–water partition coefficient (Wildman–Crippen LogP) is 1.93. The van der Waals surface area contributed by atoms with Gasteiger partial charge in [-0.05, 0) is 36.4 Å². The van der Waals surface area contributed by atoms with Crippen LogP contribution in [0.3, 0.4) is 0 Å². The molecule has 4 rings (SSSR count). The molecular weight excluding hydrogens is 332 g/mol. The Kier molecular flexibility index (Phi) is 3.07. The van der Waals surface area contributed by atoms with Gasteiger partial charge in [0.15, 0.2) is 11.6 Å². The second-order valence-electron chi connectivity index (χ2n) is 5.38. The van der Waals surface area contributed by atoms with Crippen LogP contribution in [0.2, 0.25) is 0 Å². The highest BCUT2D eigenvalue weighted by molar-refractivity contribution is 7.85. The van der Waals surface area contributed by atoms with Crippen molar-refractivity contribution in [3.05, 3.63) is 58.7 Å². The Bertz CT molecular complexity index is 925. The number of esters is 2. The molecule has 0 saturated carbocycles. The van der Waals surface area contributed by atoms with Gasteiger partial charge in [0.25, 0.3) is 0 Å². The molecule has 0 saturated heterocycles. The summed E-state index contributed by atoms with van der Waals surface area (Å²) in [6, 6.07) is 8.64. The maximum atomic E-state index is 12.7. The predicted molar refractivity (Wildman–Crippen MR) is 80.6 cm³/mol. The van der Waals surface area contributed by atoms with Crippen molar-refractivity contribution in [2.24, 2.45) is 0 Å². The number of ether oxygens (including phenoxy) is 1. The molecule has 1 aliphatic carbocycles. The Morgan fingerprint density at radius 2 is 1.25 bits per heavy atom. The van der Waals surface area contributed by atoms with Crippen LogP contribution in [0.1, 0.15) is 47.9 Å². The third kappa shape index (κ3) is 2.05. The van der Waals surface area contributed by atoms with Gasteiger partial charge < -0.3 is 4.74 Å². The summed E-state index contributed by atoms with van der Waals surface area (Å²) in [5, 5.41) is 0. The van der Waals surface area contributed by atoms with Gasteiger partial charge in [-0.2, -0.15) is 0 Å². The van der Waals surface area contributed by atoms with E-state index in [1.54, 1.807) is 0 Å². The number of ketones is 2. The minimum atomic E-state index is -1.67. The van der Waals surface area contributed by atoms with Gasteiger partial charge in [-0.3, -0.25) is 9.59 Å². The van der Waals surface area contributed by atoms with E-state index in [-0.39, 0.29) is 34.7 Å². The second-order valence-corrected chi connectivity index (χ2v) is 6.86. The molecule has 0 fully saturated rings. The molecule has 0 radical (unpaired) electrons.